The van der Waals surface area contributed by atoms with Gasteiger partial charge in [-0.3, -0.25) is 4.79 Å². The number of carbonyl (C=O) groups excluding carboxylic acids is 2. The SMILES string of the molecule is CCCCCC=CCC=CCCCCCCCC(=O)NC(CCC=O)C(=O)O. The minimum Gasteiger partial charge on any atom is -0.480 e. The first-order chi connectivity index (χ1) is 13.6. The van der Waals surface area contributed by atoms with Crippen LogP contribution in [0, 0.1) is 0 Å². The molecule has 0 saturated heterocycles. The molecule has 2 N–H and O–H groups in total. The van der Waals surface area contributed by atoms with Crippen LogP contribution < -0.4 is 5.32 Å². The van der Waals surface area contributed by atoms with Crippen LogP contribution in [0.1, 0.15) is 96.8 Å². The van der Waals surface area contributed by atoms with Crippen LogP contribution in [0.2, 0.25) is 0 Å². The molecule has 0 aliphatic carbocycles. The lowest BCUT2D eigenvalue weighted by Crippen LogP contribution is -2.40. The van der Waals surface area contributed by atoms with Crippen molar-refractivity contribution in [1.29, 1.82) is 0 Å². The molecule has 5 nitrogen and oxygen atoms in total. The third-order valence-electron chi connectivity index (χ3n) is 4.56. The number of carbonyl (C=O) groups is 3. The van der Waals surface area contributed by atoms with Crippen molar-refractivity contribution < 1.29 is 19.5 Å². The molecule has 1 amide bonds. The molecule has 0 aromatic heterocycles. The molecule has 0 aromatic carbocycles. The molecule has 28 heavy (non-hydrogen) atoms. The molecule has 0 rings (SSSR count). The Morgan fingerprint density at radius 2 is 1.46 bits per heavy atom. The predicted molar refractivity (Wildman–Crippen MR) is 114 cm³/mol. The molecule has 0 saturated carbocycles. The van der Waals surface area contributed by atoms with Gasteiger partial charge in [0.05, 0.1) is 0 Å². The summed E-state index contributed by atoms with van der Waals surface area (Å²) in [4.78, 5) is 33.1. The first kappa shape index (κ1) is 26.1. The summed E-state index contributed by atoms with van der Waals surface area (Å²) in [6.45, 7) is 2.22. The Morgan fingerprint density at radius 1 is 0.857 bits per heavy atom. The predicted octanol–water partition coefficient (Wildman–Crippen LogP) is 5.35. The Hall–Kier alpha value is -1.91. The van der Waals surface area contributed by atoms with Crippen molar-refractivity contribution >= 4 is 18.2 Å². The molecular weight excluding hydrogens is 354 g/mol. The van der Waals surface area contributed by atoms with Crippen LogP contribution in [0.3, 0.4) is 0 Å². The standard InChI is InChI=1S/C23H39NO4/c1-2-3-4-5-6-7-8-9-10-11-12-13-14-15-16-19-22(26)24-21(23(27)28)18-17-20-25/h6-7,9-10,20-21H,2-5,8,11-19H2,1H3,(H,24,26)(H,27,28). The van der Waals surface area contributed by atoms with Gasteiger partial charge >= 0.3 is 5.97 Å². The zero-order chi connectivity index (χ0) is 20.9. The fourth-order valence-corrected chi connectivity index (χ4v) is 2.86. The molecule has 0 spiro atoms. The highest BCUT2D eigenvalue weighted by atomic mass is 16.4. The smallest absolute Gasteiger partial charge is 0.326 e. The molecule has 5 heteroatoms. The third-order valence-corrected chi connectivity index (χ3v) is 4.56. The summed E-state index contributed by atoms with van der Waals surface area (Å²) in [6.07, 6.45) is 22.6. The molecule has 1 unspecified atom stereocenters. The van der Waals surface area contributed by atoms with Gasteiger partial charge in [-0.05, 0) is 44.9 Å². The van der Waals surface area contributed by atoms with Crippen molar-refractivity contribution in [1.82, 2.24) is 5.32 Å². The number of hydrogen-bond acceptors (Lipinski definition) is 3. The van der Waals surface area contributed by atoms with Crippen molar-refractivity contribution in [3.05, 3.63) is 24.3 Å². The highest BCUT2D eigenvalue weighted by Gasteiger charge is 2.18. The number of unbranched alkanes of at least 4 members (excludes halogenated alkanes) is 8. The molecule has 0 fully saturated rings. The number of carboxylic acid groups (broad SMARTS) is 1. The average Bonchev–Trinajstić information content (AvgIpc) is 2.67. The number of rotatable bonds is 19. The molecule has 0 heterocycles. The maximum Gasteiger partial charge on any atom is 0.326 e. The van der Waals surface area contributed by atoms with E-state index in [1.54, 1.807) is 0 Å². The molecule has 0 aromatic rings. The van der Waals surface area contributed by atoms with Gasteiger partial charge in [0.1, 0.15) is 12.3 Å². The van der Waals surface area contributed by atoms with Gasteiger partial charge in [-0.25, -0.2) is 4.79 Å². The summed E-state index contributed by atoms with van der Waals surface area (Å²) >= 11 is 0. The lowest BCUT2D eigenvalue weighted by atomic mass is 10.1. The van der Waals surface area contributed by atoms with Crippen molar-refractivity contribution in [3.63, 3.8) is 0 Å². The Morgan fingerprint density at radius 3 is 2.07 bits per heavy atom. The van der Waals surface area contributed by atoms with Gasteiger partial charge in [-0.15, -0.1) is 0 Å². The van der Waals surface area contributed by atoms with Crippen LogP contribution in [0.5, 0.6) is 0 Å². The Labute approximate surface area is 170 Å². The Balaban J connectivity index is 3.55. The van der Waals surface area contributed by atoms with E-state index >= 15 is 0 Å². The van der Waals surface area contributed by atoms with E-state index in [1.807, 2.05) is 0 Å². The number of carboxylic acids is 1. The third kappa shape index (κ3) is 17.5. The second kappa shape index (κ2) is 19.8. The fourth-order valence-electron chi connectivity index (χ4n) is 2.86. The second-order valence-corrected chi connectivity index (χ2v) is 7.18. The lowest BCUT2D eigenvalue weighted by molar-refractivity contribution is -0.142. The first-order valence-electron chi connectivity index (χ1n) is 10.9. The van der Waals surface area contributed by atoms with Crippen molar-refractivity contribution in [2.24, 2.45) is 0 Å². The highest BCUT2D eigenvalue weighted by Crippen LogP contribution is 2.08. The van der Waals surface area contributed by atoms with E-state index in [4.69, 9.17) is 5.11 Å². The first-order valence-corrected chi connectivity index (χ1v) is 10.9. The van der Waals surface area contributed by atoms with Crippen LogP contribution in [0.15, 0.2) is 24.3 Å². The number of nitrogens with one attached hydrogen (secondary N) is 1. The van der Waals surface area contributed by atoms with Crippen molar-refractivity contribution in [3.8, 4) is 0 Å². The van der Waals surface area contributed by atoms with E-state index in [2.05, 4.69) is 36.5 Å². The molecule has 0 radical (unpaired) electrons. The maximum absolute atomic E-state index is 11.8. The normalized spacial score (nSPS) is 12.5. The second-order valence-electron chi connectivity index (χ2n) is 7.18. The van der Waals surface area contributed by atoms with E-state index in [1.165, 1.54) is 25.7 Å². The molecule has 0 bridgehead atoms. The van der Waals surface area contributed by atoms with E-state index in [0.717, 1.165) is 44.9 Å². The minimum absolute atomic E-state index is 0.140. The number of allylic oxidation sites excluding steroid dienone is 4. The lowest BCUT2D eigenvalue weighted by Gasteiger charge is -2.13. The van der Waals surface area contributed by atoms with Crippen LogP contribution in [0.4, 0.5) is 0 Å². The largest absolute Gasteiger partial charge is 0.480 e. The molecule has 1 atom stereocenters. The minimum atomic E-state index is -1.09. The maximum atomic E-state index is 11.8. The average molecular weight is 394 g/mol. The molecule has 160 valence electrons. The zero-order valence-corrected chi connectivity index (χ0v) is 17.5. The van der Waals surface area contributed by atoms with E-state index < -0.39 is 12.0 Å². The monoisotopic (exact) mass is 393 g/mol. The highest BCUT2D eigenvalue weighted by molar-refractivity contribution is 5.83. The summed E-state index contributed by atoms with van der Waals surface area (Å²) in [7, 11) is 0. The van der Waals surface area contributed by atoms with Crippen molar-refractivity contribution in [2.45, 2.75) is 103 Å². The quantitative estimate of drug-likeness (QED) is 0.176. The Bertz CT molecular complexity index is 471. The van der Waals surface area contributed by atoms with Gasteiger partial charge in [0.15, 0.2) is 0 Å². The van der Waals surface area contributed by atoms with Crippen LogP contribution in [-0.4, -0.2) is 29.3 Å². The van der Waals surface area contributed by atoms with Gasteiger partial charge in [-0.2, -0.15) is 0 Å². The Kier molecular flexibility index (Phi) is 18.5. The van der Waals surface area contributed by atoms with E-state index in [9.17, 15) is 14.4 Å². The van der Waals surface area contributed by atoms with Gasteiger partial charge in [0.2, 0.25) is 5.91 Å². The number of aliphatic carboxylic acids is 1. The summed E-state index contributed by atoms with van der Waals surface area (Å²) in [6, 6.07) is -0.962. The van der Waals surface area contributed by atoms with Gasteiger partial charge < -0.3 is 15.2 Å². The topological polar surface area (TPSA) is 83.5 Å². The van der Waals surface area contributed by atoms with Gasteiger partial charge in [0.25, 0.3) is 0 Å². The van der Waals surface area contributed by atoms with E-state index in [-0.39, 0.29) is 18.7 Å². The number of hydrogen-bond donors (Lipinski definition) is 2. The summed E-state index contributed by atoms with van der Waals surface area (Å²) < 4.78 is 0. The summed E-state index contributed by atoms with van der Waals surface area (Å²) in [5.41, 5.74) is 0. The summed E-state index contributed by atoms with van der Waals surface area (Å²) in [5, 5.41) is 11.5. The van der Waals surface area contributed by atoms with Gasteiger partial charge in [-0.1, -0.05) is 63.3 Å². The van der Waals surface area contributed by atoms with Crippen LogP contribution in [-0.2, 0) is 14.4 Å². The number of aldehydes is 1. The van der Waals surface area contributed by atoms with Crippen molar-refractivity contribution in [2.75, 3.05) is 0 Å². The van der Waals surface area contributed by atoms with Gasteiger partial charge in [0, 0.05) is 12.8 Å². The summed E-state index contributed by atoms with van der Waals surface area (Å²) in [5.74, 6) is -1.33. The molecule has 0 aliphatic rings. The van der Waals surface area contributed by atoms with E-state index in [0.29, 0.717) is 12.7 Å². The molecule has 0 aliphatic heterocycles. The molecular formula is C23H39NO4. The van der Waals surface area contributed by atoms with Crippen LogP contribution >= 0.6 is 0 Å². The number of amides is 1. The fraction of sp³-hybridized carbons (Fsp3) is 0.696. The zero-order valence-electron chi connectivity index (χ0n) is 17.5. The van der Waals surface area contributed by atoms with Crippen LogP contribution in [0.25, 0.3) is 0 Å².